The molecular weight excluding hydrogens is 354 g/mol. The summed E-state index contributed by atoms with van der Waals surface area (Å²) in [6, 6.07) is 4.62. The zero-order valence-corrected chi connectivity index (χ0v) is 14.2. The first-order chi connectivity index (χ1) is 11.5. The fraction of sp³-hybridized carbons (Fsp3) is 0.357. The Bertz CT molecular complexity index is 817. The zero-order chi connectivity index (χ0) is 17.2. The first-order valence-corrected chi connectivity index (χ1v) is 9.21. The van der Waals surface area contributed by atoms with E-state index in [4.69, 9.17) is 11.6 Å². The molecule has 1 amide bonds. The number of pyridine rings is 1. The minimum Gasteiger partial charge on any atom is -0.311 e. The van der Waals surface area contributed by atoms with Crippen LogP contribution in [0.25, 0.3) is 0 Å². The van der Waals surface area contributed by atoms with Crippen LogP contribution in [-0.4, -0.2) is 46.9 Å². The molecule has 128 valence electrons. The number of rotatable bonds is 4. The molecular formula is C14H16ClN5O3S. The Morgan fingerprint density at radius 1 is 1.29 bits per heavy atom. The summed E-state index contributed by atoms with van der Waals surface area (Å²) in [6.45, 7) is 0.517. The minimum absolute atomic E-state index is 0.00738. The highest BCUT2D eigenvalue weighted by Crippen LogP contribution is 2.27. The molecule has 0 radical (unpaired) electrons. The number of H-pyrrole nitrogens is 1. The molecule has 2 N–H and O–H groups in total. The summed E-state index contributed by atoms with van der Waals surface area (Å²) in [5.41, 5.74) is 0. The fourth-order valence-electron chi connectivity index (χ4n) is 2.62. The molecule has 1 saturated heterocycles. The predicted octanol–water partition coefficient (Wildman–Crippen LogP) is 1.50. The number of halogens is 1. The number of amides is 1. The number of aromatic amines is 1. The average Bonchev–Trinajstić information content (AvgIpc) is 3.08. The lowest BCUT2D eigenvalue weighted by atomic mass is 9.97. The van der Waals surface area contributed by atoms with Crippen molar-refractivity contribution < 1.29 is 13.2 Å². The van der Waals surface area contributed by atoms with Crippen LogP contribution in [0.15, 0.2) is 35.5 Å². The maximum Gasteiger partial charge on any atom is 0.246 e. The highest BCUT2D eigenvalue weighted by atomic mass is 35.5. The van der Waals surface area contributed by atoms with Crippen molar-refractivity contribution in [2.75, 3.05) is 18.4 Å². The summed E-state index contributed by atoms with van der Waals surface area (Å²) >= 11 is 5.90. The Hall–Kier alpha value is -1.97. The fourth-order valence-corrected chi connectivity index (χ4v) is 4.52. The zero-order valence-electron chi connectivity index (χ0n) is 12.6. The normalized spacial score (nSPS) is 16.9. The maximum atomic E-state index is 12.6. The second kappa shape index (κ2) is 6.88. The van der Waals surface area contributed by atoms with E-state index < -0.39 is 10.0 Å². The van der Waals surface area contributed by atoms with Gasteiger partial charge in [-0.1, -0.05) is 11.6 Å². The minimum atomic E-state index is -3.70. The van der Waals surface area contributed by atoms with Gasteiger partial charge in [0.25, 0.3) is 0 Å². The molecule has 0 saturated carbocycles. The number of hydrogen-bond donors (Lipinski definition) is 2. The lowest BCUT2D eigenvalue weighted by Gasteiger charge is -2.30. The van der Waals surface area contributed by atoms with Gasteiger partial charge in [-0.15, -0.1) is 0 Å². The second-order valence-electron chi connectivity index (χ2n) is 5.43. The Kier molecular flexibility index (Phi) is 4.83. The lowest BCUT2D eigenvalue weighted by Crippen LogP contribution is -2.41. The molecule has 0 unspecified atom stereocenters. The van der Waals surface area contributed by atoms with E-state index in [2.05, 4.69) is 20.5 Å². The van der Waals surface area contributed by atoms with Crippen molar-refractivity contribution >= 4 is 33.3 Å². The van der Waals surface area contributed by atoms with Gasteiger partial charge in [0.1, 0.15) is 15.9 Å². The maximum absolute atomic E-state index is 12.6. The van der Waals surface area contributed by atoms with Gasteiger partial charge in [-0.25, -0.2) is 13.4 Å². The van der Waals surface area contributed by atoms with Crippen LogP contribution in [0.3, 0.4) is 0 Å². The van der Waals surface area contributed by atoms with Crippen LogP contribution in [0.1, 0.15) is 12.8 Å². The molecule has 0 bridgehead atoms. The van der Waals surface area contributed by atoms with Crippen LogP contribution in [-0.2, 0) is 14.8 Å². The van der Waals surface area contributed by atoms with Crippen molar-refractivity contribution in [3.63, 3.8) is 0 Å². The first kappa shape index (κ1) is 16.9. The lowest BCUT2D eigenvalue weighted by molar-refractivity contribution is -0.120. The third-order valence-electron chi connectivity index (χ3n) is 3.93. The smallest absolute Gasteiger partial charge is 0.246 e. The number of nitrogens with zero attached hydrogens (tertiary/aromatic N) is 3. The molecule has 8 nitrogen and oxygen atoms in total. The summed E-state index contributed by atoms with van der Waals surface area (Å²) in [4.78, 5) is 16.0. The average molecular weight is 370 g/mol. The van der Waals surface area contributed by atoms with E-state index >= 15 is 0 Å². The van der Waals surface area contributed by atoms with E-state index in [0.717, 1.165) is 0 Å². The summed E-state index contributed by atoms with van der Waals surface area (Å²) in [7, 11) is -3.70. The third kappa shape index (κ3) is 3.42. The number of hydrogen-bond acceptors (Lipinski definition) is 5. The van der Waals surface area contributed by atoms with Crippen molar-refractivity contribution in [3.8, 4) is 0 Å². The van der Waals surface area contributed by atoms with Crippen molar-refractivity contribution in [1.82, 2.24) is 19.5 Å². The largest absolute Gasteiger partial charge is 0.311 e. The summed E-state index contributed by atoms with van der Waals surface area (Å²) < 4.78 is 26.6. The van der Waals surface area contributed by atoms with E-state index in [0.29, 0.717) is 18.7 Å². The predicted molar refractivity (Wildman–Crippen MR) is 87.9 cm³/mol. The highest BCUT2D eigenvalue weighted by molar-refractivity contribution is 7.89. The quantitative estimate of drug-likeness (QED) is 0.794. The molecule has 3 rings (SSSR count). The molecule has 1 aliphatic rings. The highest BCUT2D eigenvalue weighted by Gasteiger charge is 2.33. The Morgan fingerprint density at radius 3 is 2.67 bits per heavy atom. The summed E-state index contributed by atoms with van der Waals surface area (Å²) in [6.07, 6.45) is 3.87. The van der Waals surface area contributed by atoms with Crippen molar-refractivity contribution in [3.05, 3.63) is 35.7 Å². The van der Waals surface area contributed by atoms with E-state index in [1.807, 2.05) is 0 Å². The van der Waals surface area contributed by atoms with Crippen LogP contribution < -0.4 is 5.32 Å². The second-order valence-corrected chi connectivity index (χ2v) is 7.69. The molecule has 2 aromatic rings. The monoisotopic (exact) mass is 369 g/mol. The van der Waals surface area contributed by atoms with Gasteiger partial charge in [0.15, 0.2) is 0 Å². The van der Waals surface area contributed by atoms with Crippen LogP contribution >= 0.6 is 11.6 Å². The van der Waals surface area contributed by atoms with Gasteiger partial charge in [0.05, 0.1) is 6.20 Å². The molecule has 0 atom stereocenters. The van der Waals surface area contributed by atoms with Crippen molar-refractivity contribution in [2.45, 2.75) is 17.7 Å². The van der Waals surface area contributed by atoms with Gasteiger partial charge < -0.3 is 5.32 Å². The van der Waals surface area contributed by atoms with E-state index in [9.17, 15) is 13.2 Å². The molecule has 2 aromatic heterocycles. The topological polar surface area (TPSA) is 108 Å². The van der Waals surface area contributed by atoms with Gasteiger partial charge >= 0.3 is 0 Å². The molecule has 1 aliphatic heterocycles. The van der Waals surface area contributed by atoms with Crippen molar-refractivity contribution in [1.29, 1.82) is 0 Å². The Labute approximate surface area is 144 Å². The van der Waals surface area contributed by atoms with Gasteiger partial charge in [-0.3, -0.25) is 9.89 Å². The SMILES string of the molecule is O=C(Nc1ccn[nH]1)C1CCN(S(=O)(=O)c2cccnc2Cl)CC1. The van der Waals surface area contributed by atoms with E-state index in [-0.39, 0.29) is 35.0 Å². The number of sulfonamides is 1. The van der Waals surface area contributed by atoms with Gasteiger partial charge in [0, 0.05) is 31.3 Å². The number of anilines is 1. The van der Waals surface area contributed by atoms with Crippen LogP contribution in [0.5, 0.6) is 0 Å². The molecule has 24 heavy (non-hydrogen) atoms. The first-order valence-electron chi connectivity index (χ1n) is 7.39. The summed E-state index contributed by atoms with van der Waals surface area (Å²) in [5.74, 6) is 0.136. The van der Waals surface area contributed by atoms with Crippen LogP contribution in [0.2, 0.25) is 5.15 Å². The molecule has 1 fully saturated rings. The molecule has 0 aromatic carbocycles. The Morgan fingerprint density at radius 2 is 2.04 bits per heavy atom. The van der Waals surface area contributed by atoms with Crippen LogP contribution in [0, 0.1) is 5.92 Å². The number of carbonyl (C=O) groups excluding carboxylic acids is 1. The third-order valence-corrected chi connectivity index (χ3v) is 6.27. The van der Waals surface area contributed by atoms with Gasteiger partial charge in [-0.2, -0.15) is 9.40 Å². The molecule has 3 heterocycles. The standard InChI is InChI=1S/C14H16ClN5O3S/c15-13-11(2-1-6-16-13)24(22,23)20-8-4-10(5-9-20)14(21)18-12-3-7-17-19-12/h1-3,6-7,10H,4-5,8-9H2,(H2,17,18,19,21). The summed E-state index contributed by atoms with van der Waals surface area (Å²) in [5, 5.41) is 9.10. The van der Waals surface area contributed by atoms with Gasteiger partial charge in [0.2, 0.25) is 15.9 Å². The molecule has 0 aliphatic carbocycles. The van der Waals surface area contributed by atoms with E-state index in [1.54, 1.807) is 12.3 Å². The van der Waals surface area contributed by atoms with Gasteiger partial charge in [-0.05, 0) is 25.0 Å². The molecule has 10 heteroatoms. The number of piperidine rings is 1. The number of nitrogens with one attached hydrogen (secondary N) is 2. The number of carbonyl (C=O) groups is 1. The Balaban J connectivity index is 1.64. The van der Waals surface area contributed by atoms with Crippen molar-refractivity contribution in [2.24, 2.45) is 5.92 Å². The number of aromatic nitrogens is 3. The molecule has 0 spiro atoms. The van der Waals surface area contributed by atoms with E-state index in [1.165, 1.54) is 22.6 Å². The van der Waals surface area contributed by atoms with Crippen LogP contribution in [0.4, 0.5) is 5.82 Å².